The van der Waals surface area contributed by atoms with Crippen molar-refractivity contribution >= 4 is 5.96 Å². The van der Waals surface area contributed by atoms with Crippen LogP contribution in [0.3, 0.4) is 0 Å². The van der Waals surface area contributed by atoms with Crippen molar-refractivity contribution in [3.05, 3.63) is 35.9 Å². The van der Waals surface area contributed by atoms with E-state index in [1.165, 1.54) is 5.56 Å². The molecule has 1 aliphatic rings. The predicted octanol–water partition coefficient (Wildman–Crippen LogP) is 1.83. The van der Waals surface area contributed by atoms with Gasteiger partial charge in [-0.25, -0.2) is 0 Å². The lowest BCUT2D eigenvalue weighted by molar-refractivity contribution is 0.258. The molecule has 0 aromatic heterocycles. The number of aliphatic imine (C=N–C) groups is 1. The molecule has 0 bridgehead atoms. The van der Waals surface area contributed by atoms with E-state index < -0.39 is 0 Å². The van der Waals surface area contributed by atoms with Crippen molar-refractivity contribution in [1.29, 1.82) is 0 Å². The summed E-state index contributed by atoms with van der Waals surface area (Å²) in [4.78, 5) is 6.79. The van der Waals surface area contributed by atoms with Gasteiger partial charge in [-0.2, -0.15) is 0 Å². The van der Waals surface area contributed by atoms with E-state index in [-0.39, 0.29) is 0 Å². The number of hydrogen-bond donors (Lipinski definition) is 2. The molecule has 2 unspecified atom stereocenters. The zero-order chi connectivity index (χ0) is 14.4. The van der Waals surface area contributed by atoms with Gasteiger partial charge in [0, 0.05) is 38.8 Å². The normalized spacial score (nSPS) is 23.9. The van der Waals surface area contributed by atoms with E-state index in [2.05, 4.69) is 64.7 Å². The molecule has 0 aliphatic carbocycles. The summed E-state index contributed by atoms with van der Waals surface area (Å²) < 4.78 is 0. The van der Waals surface area contributed by atoms with Gasteiger partial charge in [0.2, 0.25) is 0 Å². The Bertz CT molecular complexity index is 429. The van der Waals surface area contributed by atoms with Crippen LogP contribution < -0.4 is 10.6 Å². The molecule has 2 N–H and O–H groups in total. The maximum atomic E-state index is 4.25. The number of rotatable bonds is 4. The summed E-state index contributed by atoms with van der Waals surface area (Å²) in [6.07, 6.45) is 1.16. The maximum Gasteiger partial charge on any atom is 0.191 e. The molecular weight excluding hydrogens is 248 g/mol. The van der Waals surface area contributed by atoms with Gasteiger partial charge in [-0.05, 0) is 25.8 Å². The van der Waals surface area contributed by atoms with E-state index >= 15 is 0 Å². The summed E-state index contributed by atoms with van der Waals surface area (Å²) >= 11 is 0. The predicted molar refractivity (Wildman–Crippen MR) is 84.9 cm³/mol. The van der Waals surface area contributed by atoms with Crippen LogP contribution >= 0.6 is 0 Å². The van der Waals surface area contributed by atoms with Crippen LogP contribution in [0.5, 0.6) is 0 Å². The first-order chi connectivity index (χ1) is 9.72. The number of guanidine groups is 1. The number of nitrogens with zero attached hydrogens (tertiary/aromatic N) is 2. The van der Waals surface area contributed by atoms with Gasteiger partial charge in [-0.15, -0.1) is 0 Å². The monoisotopic (exact) mass is 274 g/mol. The molecule has 1 heterocycles. The van der Waals surface area contributed by atoms with Crippen molar-refractivity contribution in [2.75, 3.05) is 20.1 Å². The second kappa shape index (κ2) is 7.29. The lowest BCUT2D eigenvalue weighted by atomic mass is 10.2. The van der Waals surface area contributed by atoms with Crippen LogP contribution in [0.2, 0.25) is 0 Å². The second-order valence-corrected chi connectivity index (χ2v) is 5.44. The molecule has 1 aliphatic heterocycles. The molecule has 1 saturated heterocycles. The molecule has 4 nitrogen and oxygen atoms in total. The van der Waals surface area contributed by atoms with Gasteiger partial charge in [0.15, 0.2) is 5.96 Å². The van der Waals surface area contributed by atoms with E-state index in [1.807, 2.05) is 7.05 Å². The van der Waals surface area contributed by atoms with Gasteiger partial charge in [0.05, 0.1) is 0 Å². The summed E-state index contributed by atoms with van der Waals surface area (Å²) in [6, 6.07) is 11.8. The van der Waals surface area contributed by atoms with Crippen LogP contribution in [0.1, 0.15) is 25.8 Å². The van der Waals surface area contributed by atoms with Crippen molar-refractivity contribution in [1.82, 2.24) is 15.5 Å². The minimum absolute atomic E-state index is 0.478. The van der Waals surface area contributed by atoms with Crippen LogP contribution in [0.25, 0.3) is 0 Å². The largest absolute Gasteiger partial charge is 0.357 e. The Morgan fingerprint density at radius 1 is 1.35 bits per heavy atom. The second-order valence-electron chi connectivity index (χ2n) is 5.44. The lowest BCUT2D eigenvalue weighted by Crippen LogP contribution is -2.44. The zero-order valence-corrected chi connectivity index (χ0v) is 12.8. The quantitative estimate of drug-likeness (QED) is 0.650. The van der Waals surface area contributed by atoms with E-state index in [0.29, 0.717) is 12.1 Å². The first-order valence-corrected chi connectivity index (χ1v) is 7.48. The third-order valence-corrected chi connectivity index (χ3v) is 3.84. The molecule has 1 aromatic carbocycles. The van der Waals surface area contributed by atoms with Crippen LogP contribution in [-0.4, -0.2) is 43.1 Å². The highest BCUT2D eigenvalue weighted by Crippen LogP contribution is 2.20. The Kier molecular flexibility index (Phi) is 5.41. The van der Waals surface area contributed by atoms with Crippen LogP contribution in [0.4, 0.5) is 0 Å². The highest BCUT2D eigenvalue weighted by molar-refractivity contribution is 5.79. The zero-order valence-electron chi connectivity index (χ0n) is 12.8. The third kappa shape index (κ3) is 3.97. The van der Waals surface area contributed by atoms with Crippen molar-refractivity contribution in [2.45, 2.75) is 38.9 Å². The van der Waals surface area contributed by atoms with Gasteiger partial charge in [-0.3, -0.25) is 9.89 Å². The van der Waals surface area contributed by atoms with Crippen LogP contribution in [0.15, 0.2) is 35.3 Å². The Hall–Kier alpha value is -1.55. The van der Waals surface area contributed by atoms with E-state index in [0.717, 1.165) is 32.0 Å². The van der Waals surface area contributed by atoms with Gasteiger partial charge in [0.25, 0.3) is 0 Å². The van der Waals surface area contributed by atoms with Gasteiger partial charge in [0.1, 0.15) is 0 Å². The van der Waals surface area contributed by atoms with Crippen molar-refractivity contribution in [3.8, 4) is 0 Å². The van der Waals surface area contributed by atoms with Crippen molar-refractivity contribution in [2.24, 2.45) is 4.99 Å². The van der Waals surface area contributed by atoms with Crippen LogP contribution in [0, 0.1) is 0 Å². The Morgan fingerprint density at radius 3 is 2.75 bits per heavy atom. The van der Waals surface area contributed by atoms with E-state index in [1.54, 1.807) is 0 Å². The number of benzene rings is 1. The molecule has 0 spiro atoms. The molecular formula is C16H26N4. The smallest absolute Gasteiger partial charge is 0.191 e. The molecule has 0 radical (unpaired) electrons. The average Bonchev–Trinajstić information content (AvgIpc) is 2.79. The fourth-order valence-electron chi connectivity index (χ4n) is 2.80. The minimum Gasteiger partial charge on any atom is -0.357 e. The number of hydrogen-bond acceptors (Lipinski definition) is 2. The summed E-state index contributed by atoms with van der Waals surface area (Å²) in [5.41, 5.74) is 1.39. The Morgan fingerprint density at radius 2 is 2.10 bits per heavy atom. The molecule has 2 atom stereocenters. The molecule has 20 heavy (non-hydrogen) atoms. The fourth-order valence-corrected chi connectivity index (χ4v) is 2.80. The first-order valence-electron chi connectivity index (χ1n) is 7.48. The SMILES string of the molecule is CCNC(=NC)NC1CC(C)N(Cc2ccccc2)C1. The number of likely N-dealkylation sites (tertiary alicyclic amines) is 1. The molecule has 0 amide bonds. The highest BCUT2D eigenvalue weighted by atomic mass is 15.3. The molecule has 1 aromatic rings. The highest BCUT2D eigenvalue weighted by Gasteiger charge is 2.29. The van der Waals surface area contributed by atoms with E-state index in [4.69, 9.17) is 0 Å². The molecule has 110 valence electrons. The topological polar surface area (TPSA) is 39.7 Å². The molecule has 4 heteroatoms. The van der Waals surface area contributed by atoms with E-state index in [9.17, 15) is 0 Å². The summed E-state index contributed by atoms with van der Waals surface area (Å²) in [6.45, 7) is 7.39. The van der Waals surface area contributed by atoms with Gasteiger partial charge in [-0.1, -0.05) is 30.3 Å². The minimum atomic E-state index is 0.478. The van der Waals surface area contributed by atoms with Gasteiger partial charge < -0.3 is 10.6 Å². The summed E-state index contributed by atoms with van der Waals surface area (Å²) in [7, 11) is 1.82. The van der Waals surface area contributed by atoms with Gasteiger partial charge >= 0.3 is 0 Å². The lowest BCUT2D eigenvalue weighted by Gasteiger charge is -2.21. The van der Waals surface area contributed by atoms with Crippen LogP contribution in [-0.2, 0) is 6.54 Å². The maximum absolute atomic E-state index is 4.25. The molecule has 0 saturated carbocycles. The number of nitrogens with one attached hydrogen (secondary N) is 2. The van der Waals surface area contributed by atoms with Crippen molar-refractivity contribution < 1.29 is 0 Å². The third-order valence-electron chi connectivity index (χ3n) is 3.84. The first kappa shape index (κ1) is 14.9. The van der Waals surface area contributed by atoms with Crippen molar-refractivity contribution in [3.63, 3.8) is 0 Å². The molecule has 1 fully saturated rings. The summed E-state index contributed by atoms with van der Waals surface area (Å²) in [5.74, 6) is 0.909. The fraction of sp³-hybridized carbons (Fsp3) is 0.562. The standard InChI is InChI=1S/C16H26N4/c1-4-18-16(17-3)19-15-10-13(2)20(12-15)11-14-8-6-5-7-9-14/h5-9,13,15H,4,10-12H2,1-3H3,(H2,17,18,19). The Labute approximate surface area is 122 Å². The summed E-state index contributed by atoms with van der Waals surface area (Å²) in [5, 5.41) is 6.77. The average molecular weight is 274 g/mol. The molecule has 2 rings (SSSR count). The Balaban J connectivity index is 1.89.